The number of rotatable bonds is 3. The van der Waals surface area contributed by atoms with Crippen LogP contribution in [0, 0.1) is 17.7 Å². The highest BCUT2D eigenvalue weighted by Crippen LogP contribution is 2.44. The molecule has 1 amide bonds. The van der Waals surface area contributed by atoms with Crippen LogP contribution in [0.4, 0.5) is 10.2 Å². The van der Waals surface area contributed by atoms with Crippen LogP contribution in [0.5, 0.6) is 0 Å². The van der Waals surface area contributed by atoms with Gasteiger partial charge < -0.3 is 9.80 Å². The summed E-state index contributed by atoms with van der Waals surface area (Å²) < 4.78 is 13.8. The van der Waals surface area contributed by atoms with Crippen LogP contribution in [-0.2, 0) is 11.2 Å². The number of benzene rings is 1. The summed E-state index contributed by atoms with van der Waals surface area (Å²) in [6.45, 7) is 1.71. The molecule has 2 aromatic rings. The van der Waals surface area contributed by atoms with Crippen molar-refractivity contribution in [3.8, 4) is 0 Å². The number of pyridine rings is 1. The van der Waals surface area contributed by atoms with E-state index >= 15 is 0 Å². The zero-order chi connectivity index (χ0) is 20.0. The number of hydrogen-bond donors (Lipinski definition) is 0. The first-order valence-corrected chi connectivity index (χ1v) is 10.9. The third kappa shape index (κ3) is 3.50. The van der Waals surface area contributed by atoms with Crippen molar-refractivity contribution in [1.82, 2.24) is 9.88 Å². The fourth-order valence-electron chi connectivity index (χ4n) is 5.73. The average molecular weight is 414 g/mol. The van der Waals surface area contributed by atoms with Crippen LogP contribution in [0.3, 0.4) is 0 Å². The first kappa shape index (κ1) is 18.9. The smallest absolute Gasteiger partial charge is 0.223 e. The Kier molecular flexibility index (Phi) is 4.94. The molecule has 0 radical (unpaired) electrons. The molecule has 4 heterocycles. The standard InChI is InChI=1S/C23H25ClFN3O/c24-19-6-3-9-26-23(19)27-13-16-12-17(14-27)21(11-15-4-1-5-18(25)10-15)28-20(16)7-2-8-22(28)29/h1,3-6,9-10,16-17,20-21H,2,7-8,11-14H2/t16-,17+,20+,21+/m1/s1. The number of carbonyl (C=O) groups is 1. The molecule has 2 bridgehead atoms. The Labute approximate surface area is 175 Å². The number of anilines is 1. The van der Waals surface area contributed by atoms with Gasteiger partial charge in [0.25, 0.3) is 0 Å². The highest BCUT2D eigenvalue weighted by Gasteiger charge is 2.49. The molecule has 29 heavy (non-hydrogen) atoms. The summed E-state index contributed by atoms with van der Waals surface area (Å²) >= 11 is 6.45. The van der Waals surface area contributed by atoms with Crippen molar-refractivity contribution in [3.63, 3.8) is 0 Å². The van der Waals surface area contributed by atoms with Crippen LogP contribution >= 0.6 is 11.6 Å². The third-order valence-corrected chi connectivity index (χ3v) is 7.16. The van der Waals surface area contributed by atoms with E-state index in [0.29, 0.717) is 29.7 Å². The SMILES string of the molecule is O=C1CCC[C@H]2[C@@H]3C[C@@H](CN(c4ncccc4Cl)C3)[C@H](Cc3cccc(F)c3)N12. The summed E-state index contributed by atoms with van der Waals surface area (Å²) in [7, 11) is 0. The van der Waals surface area contributed by atoms with Crippen LogP contribution in [0.2, 0.25) is 5.02 Å². The number of amides is 1. The minimum atomic E-state index is -0.219. The molecule has 0 spiro atoms. The zero-order valence-corrected chi connectivity index (χ0v) is 17.1. The van der Waals surface area contributed by atoms with E-state index < -0.39 is 0 Å². The van der Waals surface area contributed by atoms with E-state index in [9.17, 15) is 9.18 Å². The van der Waals surface area contributed by atoms with Crippen LogP contribution in [-0.4, -0.2) is 41.0 Å². The van der Waals surface area contributed by atoms with Crippen molar-refractivity contribution < 1.29 is 9.18 Å². The lowest BCUT2D eigenvalue weighted by Crippen LogP contribution is -2.65. The van der Waals surface area contributed by atoms with Gasteiger partial charge in [-0.2, -0.15) is 0 Å². The first-order chi connectivity index (χ1) is 14.1. The van der Waals surface area contributed by atoms with Crippen molar-refractivity contribution in [3.05, 3.63) is 59.0 Å². The Hall–Kier alpha value is -2.14. The number of carbonyl (C=O) groups excluding carboxylic acids is 1. The van der Waals surface area contributed by atoms with Gasteiger partial charge in [0, 0.05) is 37.8 Å². The van der Waals surface area contributed by atoms with E-state index in [2.05, 4.69) is 14.8 Å². The molecule has 3 saturated heterocycles. The second-order valence-corrected chi connectivity index (χ2v) is 9.04. The molecule has 0 unspecified atom stereocenters. The lowest BCUT2D eigenvalue weighted by atomic mass is 9.70. The minimum absolute atomic E-state index is 0.0936. The van der Waals surface area contributed by atoms with Crippen molar-refractivity contribution in [1.29, 1.82) is 0 Å². The molecule has 5 rings (SSSR count). The minimum Gasteiger partial charge on any atom is -0.355 e. The molecule has 1 aromatic carbocycles. The number of hydrogen-bond acceptors (Lipinski definition) is 3. The molecular weight excluding hydrogens is 389 g/mol. The number of halogens is 2. The van der Waals surface area contributed by atoms with Gasteiger partial charge in [-0.05, 0) is 67.3 Å². The highest BCUT2D eigenvalue weighted by molar-refractivity contribution is 6.32. The van der Waals surface area contributed by atoms with Crippen LogP contribution in [0.15, 0.2) is 42.6 Å². The summed E-state index contributed by atoms with van der Waals surface area (Å²) in [5.41, 5.74) is 0.957. The monoisotopic (exact) mass is 413 g/mol. The molecule has 4 nitrogen and oxygen atoms in total. The fraction of sp³-hybridized carbons (Fsp3) is 0.478. The van der Waals surface area contributed by atoms with Gasteiger partial charge in [0.1, 0.15) is 11.6 Å². The summed E-state index contributed by atoms with van der Waals surface area (Å²) in [5.74, 6) is 1.64. The van der Waals surface area contributed by atoms with E-state index in [0.717, 1.165) is 43.7 Å². The summed E-state index contributed by atoms with van der Waals surface area (Å²) in [5, 5.41) is 0.672. The highest BCUT2D eigenvalue weighted by atomic mass is 35.5. The maximum absolute atomic E-state index is 13.8. The molecule has 4 atom stereocenters. The normalized spacial score (nSPS) is 29.0. The molecule has 3 fully saturated rings. The molecule has 0 N–H and O–H groups in total. The lowest BCUT2D eigenvalue weighted by molar-refractivity contribution is -0.148. The van der Waals surface area contributed by atoms with Gasteiger partial charge in [0.05, 0.1) is 5.02 Å². The Bertz CT molecular complexity index is 923. The molecule has 0 aliphatic carbocycles. The number of fused-ring (bicyclic) bond motifs is 4. The predicted molar refractivity (Wildman–Crippen MR) is 111 cm³/mol. The maximum Gasteiger partial charge on any atom is 0.223 e. The van der Waals surface area contributed by atoms with Gasteiger partial charge in [-0.1, -0.05) is 23.7 Å². The molecule has 152 valence electrons. The lowest BCUT2D eigenvalue weighted by Gasteiger charge is -2.57. The maximum atomic E-state index is 13.8. The Morgan fingerprint density at radius 3 is 2.86 bits per heavy atom. The topological polar surface area (TPSA) is 36.4 Å². The second kappa shape index (κ2) is 7.60. The molecular formula is C23H25ClFN3O. The van der Waals surface area contributed by atoms with Crippen LogP contribution < -0.4 is 4.90 Å². The summed E-state index contributed by atoms with van der Waals surface area (Å²) in [6.07, 6.45) is 6.22. The van der Waals surface area contributed by atoms with E-state index in [1.807, 2.05) is 18.2 Å². The molecule has 3 aliphatic heterocycles. The van der Waals surface area contributed by atoms with E-state index in [1.165, 1.54) is 6.07 Å². The molecule has 1 aromatic heterocycles. The number of aromatic nitrogens is 1. The third-order valence-electron chi connectivity index (χ3n) is 6.87. The van der Waals surface area contributed by atoms with Crippen molar-refractivity contribution in [2.24, 2.45) is 11.8 Å². The van der Waals surface area contributed by atoms with Gasteiger partial charge in [-0.25, -0.2) is 9.37 Å². The Morgan fingerprint density at radius 2 is 2.03 bits per heavy atom. The summed E-state index contributed by atoms with van der Waals surface area (Å²) in [4.78, 5) is 21.9. The first-order valence-electron chi connectivity index (χ1n) is 10.5. The van der Waals surface area contributed by atoms with Crippen LogP contribution in [0.1, 0.15) is 31.2 Å². The van der Waals surface area contributed by atoms with E-state index in [-0.39, 0.29) is 23.8 Å². The van der Waals surface area contributed by atoms with Gasteiger partial charge >= 0.3 is 0 Å². The largest absolute Gasteiger partial charge is 0.355 e. The van der Waals surface area contributed by atoms with Gasteiger partial charge in [-0.3, -0.25) is 4.79 Å². The van der Waals surface area contributed by atoms with E-state index in [4.69, 9.17) is 11.6 Å². The van der Waals surface area contributed by atoms with Gasteiger partial charge in [-0.15, -0.1) is 0 Å². The molecule has 3 aliphatic rings. The van der Waals surface area contributed by atoms with E-state index in [1.54, 1.807) is 18.3 Å². The second-order valence-electron chi connectivity index (χ2n) is 8.63. The summed E-state index contributed by atoms with van der Waals surface area (Å²) in [6, 6.07) is 10.9. The van der Waals surface area contributed by atoms with Crippen molar-refractivity contribution in [2.45, 2.75) is 44.2 Å². The fourth-order valence-corrected chi connectivity index (χ4v) is 5.97. The predicted octanol–water partition coefficient (Wildman–Crippen LogP) is 4.32. The molecule has 6 heteroatoms. The van der Waals surface area contributed by atoms with Crippen molar-refractivity contribution >= 4 is 23.3 Å². The Morgan fingerprint density at radius 1 is 1.17 bits per heavy atom. The molecule has 0 saturated carbocycles. The van der Waals surface area contributed by atoms with Crippen LogP contribution in [0.25, 0.3) is 0 Å². The Balaban J connectivity index is 1.48. The quantitative estimate of drug-likeness (QED) is 0.751. The number of nitrogens with zero attached hydrogens (tertiary/aromatic N) is 3. The van der Waals surface area contributed by atoms with Gasteiger partial charge in [0.2, 0.25) is 5.91 Å². The number of piperidine rings is 3. The average Bonchev–Trinajstić information content (AvgIpc) is 2.71. The van der Waals surface area contributed by atoms with Crippen molar-refractivity contribution in [2.75, 3.05) is 18.0 Å². The zero-order valence-electron chi connectivity index (χ0n) is 16.3. The van der Waals surface area contributed by atoms with Gasteiger partial charge in [0.15, 0.2) is 0 Å².